The van der Waals surface area contributed by atoms with Crippen molar-refractivity contribution in [3.63, 3.8) is 0 Å². The summed E-state index contributed by atoms with van der Waals surface area (Å²) < 4.78 is 5.68. The summed E-state index contributed by atoms with van der Waals surface area (Å²) in [5.41, 5.74) is 3.84. The summed E-state index contributed by atoms with van der Waals surface area (Å²) in [5, 5.41) is 0. The van der Waals surface area contributed by atoms with Crippen molar-refractivity contribution in [1.82, 2.24) is 10.3 Å². The average molecular weight is 277 g/mol. The Morgan fingerprint density at radius 2 is 2.30 bits per heavy atom. The third-order valence-corrected chi connectivity index (χ3v) is 3.72. The Kier molecular flexibility index (Phi) is 5.52. The number of carbonyl (C=O) groups excluding carboxylic acids is 1. The fraction of sp³-hybridized carbons (Fsp3) is 0.533. The molecular formula is C15H23N3O2. The van der Waals surface area contributed by atoms with Gasteiger partial charge in [-0.05, 0) is 31.0 Å². The van der Waals surface area contributed by atoms with Crippen molar-refractivity contribution < 1.29 is 9.53 Å². The van der Waals surface area contributed by atoms with Crippen molar-refractivity contribution in [3.05, 3.63) is 35.4 Å². The van der Waals surface area contributed by atoms with E-state index >= 15 is 0 Å². The van der Waals surface area contributed by atoms with Crippen LogP contribution in [-0.4, -0.2) is 36.6 Å². The van der Waals surface area contributed by atoms with E-state index in [1.54, 1.807) is 6.07 Å². The first-order valence-electron chi connectivity index (χ1n) is 7.17. The van der Waals surface area contributed by atoms with E-state index in [2.05, 4.69) is 17.2 Å². The molecule has 0 saturated carbocycles. The van der Waals surface area contributed by atoms with Crippen LogP contribution in [0.5, 0.6) is 0 Å². The first-order valence-corrected chi connectivity index (χ1v) is 7.17. The van der Waals surface area contributed by atoms with E-state index in [9.17, 15) is 4.79 Å². The number of rotatable bonds is 6. The van der Waals surface area contributed by atoms with Crippen LogP contribution in [0.2, 0.25) is 0 Å². The molecule has 0 spiro atoms. The lowest BCUT2D eigenvalue weighted by Crippen LogP contribution is -2.34. The van der Waals surface area contributed by atoms with Gasteiger partial charge in [-0.2, -0.15) is 0 Å². The molecule has 3 N–H and O–H groups in total. The maximum atomic E-state index is 11.8. The predicted octanol–water partition coefficient (Wildman–Crippen LogP) is 1.29. The van der Waals surface area contributed by atoms with Crippen LogP contribution in [0.3, 0.4) is 0 Å². The largest absolute Gasteiger partial charge is 0.377 e. The SMILES string of the molecule is CCN(Cc1ccccc1C(=O)NN)CC1CCCO1. The van der Waals surface area contributed by atoms with Crippen molar-refractivity contribution in [3.8, 4) is 0 Å². The summed E-state index contributed by atoms with van der Waals surface area (Å²) in [4.78, 5) is 14.1. The summed E-state index contributed by atoms with van der Waals surface area (Å²) in [5.74, 6) is 4.99. The summed E-state index contributed by atoms with van der Waals surface area (Å²) in [6.07, 6.45) is 2.60. The van der Waals surface area contributed by atoms with E-state index in [4.69, 9.17) is 10.6 Å². The van der Waals surface area contributed by atoms with Gasteiger partial charge in [-0.1, -0.05) is 25.1 Å². The normalized spacial score (nSPS) is 18.4. The molecule has 1 unspecified atom stereocenters. The number of nitrogens with zero attached hydrogens (tertiary/aromatic N) is 1. The van der Waals surface area contributed by atoms with Gasteiger partial charge in [0.15, 0.2) is 0 Å². The van der Waals surface area contributed by atoms with Crippen LogP contribution in [0.1, 0.15) is 35.7 Å². The molecule has 2 rings (SSSR count). The standard InChI is InChI=1S/C15H23N3O2/c1-2-18(11-13-7-5-9-20-13)10-12-6-3-4-8-14(12)15(19)17-16/h3-4,6,8,13H,2,5,7,9-11,16H2,1H3,(H,17,19). The molecule has 0 radical (unpaired) electrons. The van der Waals surface area contributed by atoms with E-state index in [1.165, 1.54) is 0 Å². The van der Waals surface area contributed by atoms with Gasteiger partial charge in [0.1, 0.15) is 0 Å². The first-order chi connectivity index (χ1) is 9.74. The quantitative estimate of drug-likeness (QED) is 0.467. The van der Waals surface area contributed by atoms with Gasteiger partial charge >= 0.3 is 0 Å². The molecule has 1 amide bonds. The van der Waals surface area contributed by atoms with Gasteiger partial charge in [-0.15, -0.1) is 0 Å². The van der Waals surface area contributed by atoms with E-state index in [1.807, 2.05) is 18.2 Å². The van der Waals surface area contributed by atoms with Gasteiger partial charge in [0.2, 0.25) is 0 Å². The van der Waals surface area contributed by atoms with Crippen molar-refractivity contribution in [2.24, 2.45) is 5.84 Å². The van der Waals surface area contributed by atoms with E-state index < -0.39 is 0 Å². The highest BCUT2D eigenvalue weighted by Crippen LogP contribution is 2.16. The van der Waals surface area contributed by atoms with Crippen LogP contribution in [-0.2, 0) is 11.3 Å². The summed E-state index contributed by atoms with van der Waals surface area (Å²) >= 11 is 0. The maximum Gasteiger partial charge on any atom is 0.265 e. The van der Waals surface area contributed by atoms with Crippen LogP contribution in [0.15, 0.2) is 24.3 Å². The highest BCUT2D eigenvalue weighted by molar-refractivity contribution is 5.95. The van der Waals surface area contributed by atoms with Crippen LogP contribution in [0.4, 0.5) is 0 Å². The number of likely N-dealkylation sites (N-methyl/N-ethyl adjacent to an activating group) is 1. The van der Waals surface area contributed by atoms with Gasteiger partial charge in [0, 0.05) is 25.3 Å². The third kappa shape index (κ3) is 3.79. The average Bonchev–Trinajstić information content (AvgIpc) is 2.99. The second-order valence-corrected chi connectivity index (χ2v) is 5.09. The molecule has 1 saturated heterocycles. The second-order valence-electron chi connectivity index (χ2n) is 5.09. The Hall–Kier alpha value is -1.43. The smallest absolute Gasteiger partial charge is 0.265 e. The highest BCUT2D eigenvalue weighted by Gasteiger charge is 2.19. The fourth-order valence-electron chi connectivity index (χ4n) is 2.58. The molecule has 5 nitrogen and oxygen atoms in total. The van der Waals surface area contributed by atoms with Crippen LogP contribution in [0.25, 0.3) is 0 Å². The number of ether oxygens (including phenoxy) is 1. The lowest BCUT2D eigenvalue weighted by Gasteiger charge is -2.24. The van der Waals surface area contributed by atoms with Gasteiger partial charge in [0.25, 0.3) is 5.91 Å². The number of amides is 1. The Morgan fingerprint density at radius 1 is 1.50 bits per heavy atom. The molecule has 1 aliphatic rings. The Morgan fingerprint density at radius 3 is 2.95 bits per heavy atom. The van der Waals surface area contributed by atoms with Crippen molar-refractivity contribution in [2.45, 2.75) is 32.4 Å². The topological polar surface area (TPSA) is 67.6 Å². The van der Waals surface area contributed by atoms with Crippen LogP contribution < -0.4 is 11.3 Å². The molecule has 1 aromatic carbocycles. The van der Waals surface area contributed by atoms with Crippen LogP contribution >= 0.6 is 0 Å². The lowest BCUT2D eigenvalue weighted by molar-refractivity contribution is 0.0723. The third-order valence-electron chi connectivity index (χ3n) is 3.72. The first kappa shape index (κ1) is 15.0. The number of hydrogen-bond donors (Lipinski definition) is 2. The fourth-order valence-corrected chi connectivity index (χ4v) is 2.58. The van der Waals surface area contributed by atoms with Gasteiger partial charge in [-0.25, -0.2) is 5.84 Å². The van der Waals surface area contributed by atoms with Gasteiger partial charge in [0.05, 0.1) is 6.10 Å². The highest BCUT2D eigenvalue weighted by atomic mass is 16.5. The zero-order chi connectivity index (χ0) is 14.4. The molecule has 0 aliphatic carbocycles. The number of hydrogen-bond acceptors (Lipinski definition) is 4. The van der Waals surface area contributed by atoms with Gasteiger partial charge < -0.3 is 4.74 Å². The predicted molar refractivity (Wildman–Crippen MR) is 78.0 cm³/mol. The second kappa shape index (κ2) is 7.38. The van der Waals surface area contributed by atoms with Crippen molar-refractivity contribution in [1.29, 1.82) is 0 Å². The van der Waals surface area contributed by atoms with E-state index in [0.717, 1.165) is 44.6 Å². The molecule has 0 aromatic heterocycles. The zero-order valence-electron chi connectivity index (χ0n) is 12.0. The summed E-state index contributed by atoms with van der Waals surface area (Å²) in [7, 11) is 0. The number of nitrogens with two attached hydrogens (primary N) is 1. The molecule has 5 heteroatoms. The lowest BCUT2D eigenvalue weighted by atomic mass is 10.1. The Bertz CT molecular complexity index is 444. The molecule has 1 aromatic rings. The van der Waals surface area contributed by atoms with E-state index in [0.29, 0.717) is 11.7 Å². The Labute approximate surface area is 120 Å². The minimum Gasteiger partial charge on any atom is -0.377 e. The Balaban J connectivity index is 2.04. The number of nitrogen functional groups attached to an aromatic ring is 1. The molecule has 1 fully saturated rings. The van der Waals surface area contributed by atoms with Crippen LogP contribution in [0, 0.1) is 0 Å². The number of nitrogens with one attached hydrogen (secondary N) is 1. The van der Waals surface area contributed by atoms with Gasteiger partial charge in [-0.3, -0.25) is 15.1 Å². The molecule has 1 heterocycles. The number of benzene rings is 1. The monoisotopic (exact) mass is 277 g/mol. The zero-order valence-corrected chi connectivity index (χ0v) is 12.0. The molecule has 1 aliphatic heterocycles. The minimum absolute atomic E-state index is 0.242. The molecular weight excluding hydrogens is 254 g/mol. The minimum atomic E-state index is -0.242. The molecule has 0 bridgehead atoms. The molecule has 20 heavy (non-hydrogen) atoms. The summed E-state index contributed by atoms with van der Waals surface area (Å²) in [6, 6.07) is 7.58. The molecule has 1 atom stereocenters. The molecule has 110 valence electrons. The number of carbonyl (C=O) groups is 1. The van der Waals surface area contributed by atoms with E-state index in [-0.39, 0.29) is 5.91 Å². The van der Waals surface area contributed by atoms with Crippen molar-refractivity contribution >= 4 is 5.91 Å². The maximum absolute atomic E-state index is 11.8. The summed E-state index contributed by atoms with van der Waals surface area (Å²) in [6.45, 7) is 5.57. The van der Waals surface area contributed by atoms with Crippen molar-refractivity contribution in [2.75, 3.05) is 19.7 Å². The number of hydrazine groups is 1.